The molecule has 0 saturated carbocycles. The van der Waals surface area contributed by atoms with E-state index in [1.165, 1.54) is 22.3 Å². The van der Waals surface area contributed by atoms with Gasteiger partial charge in [0.1, 0.15) is 0 Å². The summed E-state index contributed by atoms with van der Waals surface area (Å²) < 4.78 is 0. The Morgan fingerprint density at radius 1 is 0.727 bits per heavy atom. The van der Waals surface area contributed by atoms with Gasteiger partial charge in [-0.15, -0.1) is 0 Å². The summed E-state index contributed by atoms with van der Waals surface area (Å²) in [4.78, 5) is 0. The maximum Gasteiger partial charge on any atom is 0.0346 e. The highest BCUT2D eigenvalue weighted by atomic mass is 14.6. The van der Waals surface area contributed by atoms with E-state index in [-0.39, 0.29) is 5.92 Å². The van der Waals surface area contributed by atoms with Gasteiger partial charge in [0, 0.05) is 11.6 Å². The zero-order valence-electron chi connectivity index (χ0n) is 12.9. The van der Waals surface area contributed by atoms with E-state index in [1.807, 2.05) is 6.07 Å². The third-order valence-electron chi connectivity index (χ3n) is 4.15. The molecule has 110 valence electrons. The molecule has 3 rings (SSSR count). The summed E-state index contributed by atoms with van der Waals surface area (Å²) in [7, 11) is 0. The van der Waals surface area contributed by atoms with Crippen molar-refractivity contribution in [1.82, 2.24) is 0 Å². The third kappa shape index (κ3) is 2.89. The molecular weight excluding hydrogens is 266 g/mol. The molecule has 0 fully saturated rings. The lowest BCUT2D eigenvalue weighted by atomic mass is 9.84. The van der Waals surface area contributed by atoms with Crippen LogP contribution in [-0.4, -0.2) is 0 Å². The van der Waals surface area contributed by atoms with Gasteiger partial charge in [0.15, 0.2) is 0 Å². The van der Waals surface area contributed by atoms with Gasteiger partial charge in [-0.2, -0.15) is 0 Å². The normalized spacial score (nSPS) is 10.8. The fourth-order valence-corrected chi connectivity index (χ4v) is 2.98. The number of nitrogen functional groups attached to an aromatic ring is 1. The average Bonchev–Trinajstić information content (AvgIpc) is 2.58. The van der Waals surface area contributed by atoms with Crippen LogP contribution < -0.4 is 5.73 Å². The Kier molecular flexibility index (Phi) is 4.24. The van der Waals surface area contributed by atoms with E-state index in [2.05, 4.69) is 79.7 Å². The van der Waals surface area contributed by atoms with Crippen LogP contribution in [0.3, 0.4) is 0 Å². The van der Waals surface area contributed by atoms with Crippen molar-refractivity contribution in [1.29, 1.82) is 0 Å². The Labute approximate surface area is 132 Å². The molecule has 0 aromatic heterocycles. The van der Waals surface area contributed by atoms with Crippen LogP contribution >= 0.6 is 0 Å². The summed E-state index contributed by atoms with van der Waals surface area (Å²) in [6.07, 6.45) is 0.954. The molecule has 0 aliphatic heterocycles. The van der Waals surface area contributed by atoms with Gasteiger partial charge in [-0.1, -0.05) is 79.7 Å². The second-order valence-electron chi connectivity index (χ2n) is 5.57. The van der Waals surface area contributed by atoms with Crippen molar-refractivity contribution < 1.29 is 0 Å². The standard InChI is InChI=1S/C21H21N/c1-2-16-15-19(13-14-20(16)22)21(17-9-5-3-6-10-17)18-11-7-4-8-12-18/h3-15,21H,2,22H2,1H3. The molecule has 22 heavy (non-hydrogen) atoms. The van der Waals surface area contributed by atoms with Crippen LogP contribution in [0.4, 0.5) is 5.69 Å². The Balaban J connectivity index is 2.14. The summed E-state index contributed by atoms with van der Waals surface area (Å²) in [6.45, 7) is 2.15. The number of benzene rings is 3. The molecule has 0 saturated heterocycles. The van der Waals surface area contributed by atoms with Gasteiger partial charge in [0.2, 0.25) is 0 Å². The molecular formula is C21H21N. The minimum absolute atomic E-state index is 0.244. The van der Waals surface area contributed by atoms with Crippen LogP contribution in [0.5, 0.6) is 0 Å². The van der Waals surface area contributed by atoms with Crippen molar-refractivity contribution in [3.63, 3.8) is 0 Å². The second kappa shape index (κ2) is 6.48. The van der Waals surface area contributed by atoms with E-state index < -0.39 is 0 Å². The van der Waals surface area contributed by atoms with Gasteiger partial charge >= 0.3 is 0 Å². The van der Waals surface area contributed by atoms with Gasteiger partial charge in [0.25, 0.3) is 0 Å². The van der Waals surface area contributed by atoms with Gasteiger partial charge in [-0.25, -0.2) is 0 Å². The van der Waals surface area contributed by atoms with Crippen molar-refractivity contribution in [2.24, 2.45) is 0 Å². The zero-order chi connectivity index (χ0) is 15.4. The Bertz CT molecular complexity index is 693. The maximum atomic E-state index is 6.08. The summed E-state index contributed by atoms with van der Waals surface area (Å²) >= 11 is 0. The van der Waals surface area contributed by atoms with Gasteiger partial charge in [0.05, 0.1) is 0 Å². The van der Waals surface area contributed by atoms with Crippen LogP contribution in [0.1, 0.15) is 35.1 Å². The number of hydrogen-bond acceptors (Lipinski definition) is 1. The first kappa shape index (κ1) is 14.4. The van der Waals surface area contributed by atoms with Gasteiger partial charge in [-0.3, -0.25) is 0 Å². The molecule has 3 aromatic rings. The Morgan fingerprint density at radius 2 is 1.27 bits per heavy atom. The van der Waals surface area contributed by atoms with Crippen LogP contribution in [0.15, 0.2) is 78.9 Å². The zero-order valence-corrected chi connectivity index (χ0v) is 12.9. The largest absolute Gasteiger partial charge is 0.399 e. The van der Waals surface area contributed by atoms with Crippen LogP contribution in [0.25, 0.3) is 0 Å². The highest BCUT2D eigenvalue weighted by Crippen LogP contribution is 2.33. The van der Waals surface area contributed by atoms with Crippen molar-refractivity contribution in [3.05, 3.63) is 101 Å². The van der Waals surface area contributed by atoms with Gasteiger partial charge < -0.3 is 5.73 Å². The lowest BCUT2D eigenvalue weighted by molar-refractivity contribution is 0.969. The lowest BCUT2D eigenvalue weighted by Crippen LogP contribution is -2.05. The predicted octanol–water partition coefficient (Wildman–Crippen LogP) is 5.01. The molecule has 0 unspecified atom stereocenters. The van der Waals surface area contributed by atoms with Crippen LogP contribution in [0, 0.1) is 0 Å². The molecule has 0 radical (unpaired) electrons. The maximum absolute atomic E-state index is 6.08. The molecule has 1 heteroatoms. The number of hydrogen-bond donors (Lipinski definition) is 1. The lowest BCUT2D eigenvalue weighted by Gasteiger charge is -2.20. The fourth-order valence-electron chi connectivity index (χ4n) is 2.98. The Hall–Kier alpha value is -2.54. The Morgan fingerprint density at radius 3 is 1.77 bits per heavy atom. The number of nitrogens with two attached hydrogens (primary N) is 1. The van der Waals surface area contributed by atoms with Crippen LogP contribution in [0.2, 0.25) is 0 Å². The molecule has 0 bridgehead atoms. The van der Waals surface area contributed by atoms with Crippen LogP contribution in [-0.2, 0) is 6.42 Å². The minimum Gasteiger partial charge on any atom is -0.399 e. The highest BCUT2D eigenvalue weighted by molar-refractivity contribution is 5.52. The van der Waals surface area contributed by atoms with E-state index in [1.54, 1.807) is 0 Å². The van der Waals surface area contributed by atoms with Crippen molar-refractivity contribution in [2.45, 2.75) is 19.3 Å². The second-order valence-corrected chi connectivity index (χ2v) is 5.57. The molecule has 2 N–H and O–H groups in total. The molecule has 0 amide bonds. The van der Waals surface area contributed by atoms with Crippen molar-refractivity contribution in [2.75, 3.05) is 5.73 Å². The third-order valence-corrected chi connectivity index (χ3v) is 4.15. The molecule has 0 aliphatic carbocycles. The molecule has 0 aliphatic rings. The minimum atomic E-state index is 0.244. The predicted molar refractivity (Wildman–Crippen MR) is 94.1 cm³/mol. The smallest absolute Gasteiger partial charge is 0.0346 e. The summed E-state index contributed by atoms with van der Waals surface area (Å²) in [6, 6.07) is 27.7. The van der Waals surface area contributed by atoms with E-state index in [0.29, 0.717) is 0 Å². The first-order valence-corrected chi connectivity index (χ1v) is 7.77. The first-order chi connectivity index (χ1) is 10.8. The van der Waals surface area contributed by atoms with E-state index in [4.69, 9.17) is 5.73 Å². The van der Waals surface area contributed by atoms with E-state index in [9.17, 15) is 0 Å². The van der Waals surface area contributed by atoms with E-state index in [0.717, 1.165) is 12.1 Å². The first-order valence-electron chi connectivity index (χ1n) is 7.77. The topological polar surface area (TPSA) is 26.0 Å². The van der Waals surface area contributed by atoms with Crippen molar-refractivity contribution in [3.8, 4) is 0 Å². The monoisotopic (exact) mass is 287 g/mol. The van der Waals surface area contributed by atoms with Crippen molar-refractivity contribution >= 4 is 5.69 Å². The summed E-state index contributed by atoms with van der Waals surface area (Å²) in [5, 5.41) is 0. The SMILES string of the molecule is CCc1cc(C(c2ccccc2)c2ccccc2)ccc1N. The summed E-state index contributed by atoms with van der Waals surface area (Å²) in [5.41, 5.74) is 12.1. The fraction of sp³-hybridized carbons (Fsp3) is 0.143. The quantitative estimate of drug-likeness (QED) is 0.529. The number of aryl methyl sites for hydroxylation is 1. The van der Waals surface area contributed by atoms with E-state index >= 15 is 0 Å². The molecule has 0 heterocycles. The van der Waals surface area contributed by atoms with Gasteiger partial charge in [-0.05, 0) is 34.7 Å². The molecule has 1 nitrogen and oxygen atoms in total. The summed E-state index contributed by atoms with van der Waals surface area (Å²) in [5.74, 6) is 0.244. The average molecular weight is 287 g/mol. The molecule has 3 aromatic carbocycles. The highest BCUT2D eigenvalue weighted by Gasteiger charge is 2.17. The molecule has 0 spiro atoms. The number of rotatable bonds is 4. The molecule has 0 atom stereocenters. The number of anilines is 1.